The molecule has 0 saturated heterocycles. The van der Waals surface area contributed by atoms with Gasteiger partial charge < -0.3 is 20.3 Å². The third-order valence-electron chi connectivity index (χ3n) is 3.88. The summed E-state index contributed by atoms with van der Waals surface area (Å²) in [6.07, 6.45) is 5.65. The molecule has 0 aliphatic carbocycles. The maximum Gasteiger partial charge on any atom is 0.326 e. The van der Waals surface area contributed by atoms with E-state index >= 15 is 0 Å². The Bertz CT molecular complexity index is 787. The molecule has 1 unspecified atom stereocenters. The topological polar surface area (TPSA) is 113 Å². The zero-order chi connectivity index (χ0) is 19.8. The molecule has 1 aromatic heterocycles. The van der Waals surface area contributed by atoms with Gasteiger partial charge in [0.1, 0.15) is 6.04 Å². The number of nitrogens with zero attached hydrogens (tertiary/aromatic N) is 2. The van der Waals surface area contributed by atoms with Crippen LogP contribution in [0.1, 0.15) is 37.0 Å². The van der Waals surface area contributed by atoms with E-state index in [-0.39, 0.29) is 23.8 Å². The van der Waals surface area contributed by atoms with Crippen molar-refractivity contribution in [3.63, 3.8) is 0 Å². The molecule has 0 saturated carbocycles. The van der Waals surface area contributed by atoms with Gasteiger partial charge >= 0.3 is 5.97 Å². The van der Waals surface area contributed by atoms with E-state index in [1.165, 1.54) is 6.07 Å². The average molecular weight is 372 g/mol. The highest BCUT2D eigenvalue weighted by Gasteiger charge is 2.21. The van der Waals surface area contributed by atoms with Gasteiger partial charge in [-0.05, 0) is 30.5 Å². The van der Waals surface area contributed by atoms with E-state index in [4.69, 9.17) is 0 Å². The van der Waals surface area contributed by atoms with Gasteiger partial charge in [0.2, 0.25) is 5.91 Å². The Labute approximate surface area is 157 Å². The minimum atomic E-state index is -1.07. The molecule has 1 heterocycles. The number of benzene rings is 1. The number of imidazole rings is 1. The molecule has 3 N–H and O–H groups in total. The van der Waals surface area contributed by atoms with Gasteiger partial charge in [-0.3, -0.25) is 9.59 Å². The van der Waals surface area contributed by atoms with Crippen LogP contribution < -0.4 is 10.6 Å². The van der Waals surface area contributed by atoms with Gasteiger partial charge in [-0.15, -0.1) is 0 Å². The van der Waals surface area contributed by atoms with Crippen molar-refractivity contribution in [3.8, 4) is 0 Å². The molecule has 2 rings (SSSR count). The molecule has 2 aromatic rings. The first-order chi connectivity index (χ1) is 12.8. The van der Waals surface area contributed by atoms with Crippen molar-refractivity contribution in [1.82, 2.24) is 14.9 Å². The first kappa shape index (κ1) is 20.2. The molecule has 27 heavy (non-hydrogen) atoms. The van der Waals surface area contributed by atoms with E-state index < -0.39 is 17.9 Å². The second-order valence-corrected chi connectivity index (χ2v) is 6.67. The molecule has 0 aliphatic heterocycles. The Hall–Kier alpha value is -3.16. The van der Waals surface area contributed by atoms with Crippen molar-refractivity contribution in [2.75, 3.05) is 5.32 Å². The summed E-state index contributed by atoms with van der Waals surface area (Å²) in [5.74, 6) is -1.62. The standard InChI is InChI=1S/C19H24N4O4/c1-13(2)10-16(19(26)27)22-18(25)14-4-3-5-15(11-14)21-17(24)6-8-23-9-7-20-12-23/h3-5,7,9,11-13,16H,6,8,10H2,1-2H3,(H,21,24)(H,22,25)(H,26,27). The maximum absolute atomic E-state index is 12.4. The van der Waals surface area contributed by atoms with Crippen molar-refractivity contribution in [3.05, 3.63) is 48.5 Å². The van der Waals surface area contributed by atoms with Crippen LogP contribution in [0.4, 0.5) is 5.69 Å². The second-order valence-electron chi connectivity index (χ2n) is 6.67. The van der Waals surface area contributed by atoms with Crippen molar-refractivity contribution < 1.29 is 19.5 Å². The Kier molecular flexibility index (Phi) is 7.10. The van der Waals surface area contributed by atoms with E-state index in [2.05, 4.69) is 15.6 Å². The van der Waals surface area contributed by atoms with Gasteiger partial charge in [0.25, 0.3) is 5.91 Å². The molecular formula is C19H24N4O4. The van der Waals surface area contributed by atoms with E-state index in [0.29, 0.717) is 18.7 Å². The van der Waals surface area contributed by atoms with Gasteiger partial charge in [0.05, 0.1) is 6.33 Å². The van der Waals surface area contributed by atoms with E-state index in [0.717, 1.165) is 0 Å². The largest absolute Gasteiger partial charge is 0.480 e. The average Bonchev–Trinajstić information content (AvgIpc) is 3.12. The van der Waals surface area contributed by atoms with Gasteiger partial charge in [-0.2, -0.15) is 0 Å². The molecule has 1 aromatic carbocycles. The summed E-state index contributed by atoms with van der Waals surface area (Å²) in [6, 6.07) is 5.46. The summed E-state index contributed by atoms with van der Waals surface area (Å²) < 4.78 is 1.80. The lowest BCUT2D eigenvalue weighted by atomic mass is 10.0. The van der Waals surface area contributed by atoms with Crippen LogP contribution in [-0.2, 0) is 16.1 Å². The third kappa shape index (κ3) is 6.58. The van der Waals surface area contributed by atoms with Crippen LogP contribution in [0.25, 0.3) is 0 Å². The van der Waals surface area contributed by atoms with Crippen molar-refractivity contribution >= 4 is 23.5 Å². The number of carbonyl (C=O) groups is 3. The number of aromatic nitrogens is 2. The molecule has 144 valence electrons. The van der Waals surface area contributed by atoms with E-state index in [1.54, 1.807) is 41.5 Å². The number of carboxylic acids is 1. The number of hydrogen-bond donors (Lipinski definition) is 3. The predicted molar refractivity (Wildman–Crippen MR) is 100 cm³/mol. The highest BCUT2D eigenvalue weighted by atomic mass is 16.4. The number of carboxylic acid groups (broad SMARTS) is 1. The minimum absolute atomic E-state index is 0.132. The fourth-order valence-corrected chi connectivity index (χ4v) is 2.55. The summed E-state index contributed by atoms with van der Waals surface area (Å²) in [5, 5.41) is 14.5. The van der Waals surface area contributed by atoms with Crippen LogP contribution in [0.15, 0.2) is 43.0 Å². The lowest BCUT2D eigenvalue weighted by Gasteiger charge is -2.16. The number of aliphatic carboxylic acids is 1. The quantitative estimate of drug-likeness (QED) is 0.624. The van der Waals surface area contributed by atoms with Crippen LogP contribution in [0, 0.1) is 5.92 Å². The number of rotatable bonds is 9. The number of aryl methyl sites for hydroxylation is 1. The number of nitrogens with one attached hydrogen (secondary N) is 2. The first-order valence-electron chi connectivity index (χ1n) is 8.74. The molecule has 0 aliphatic rings. The normalized spacial score (nSPS) is 11.8. The van der Waals surface area contributed by atoms with Gasteiger partial charge in [0, 0.05) is 36.6 Å². The van der Waals surface area contributed by atoms with Gasteiger partial charge in [-0.1, -0.05) is 19.9 Å². The number of amides is 2. The fraction of sp³-hybridized carbons (Fsp3) is 0.368. The highest BCUT2D eigenvalue weighted by molar-refractivity contribution is 5.98. The monoisotopic (exact) mass is 372 g/mol. The first-order valence-corrected chi connectivity index (χ1v) is 8.74. The fourth-order valence-electron chi connectivity index (χ4n) is 2.55. The van der Waals surface area contributed by atoms with Crippen molar-refractivity contribution in [2.24, 2.45) is 5.92 Å². The summed E-state index contributed by atoms with van der Waals surface area (Å²) in [5.41, 5.74) is 0.770. The van der Waals surface area contributed by atoms with Crippen LogP contribution in [0.3, 0.4) is 0 Å². The molecule has 0 spiro atoms. The molecule has 0 fully saturated rings. The number of carbonyl (C=O) groups excluding carboxylic acids is 2. The third-order valence-corrected chi connectivity index (χ3v) is 3.88. The van der Waals surface area contributed by atoms with Crippen LogP contribution in [0.5, 0.6) is 0 Å². The van der Waals surface area contributed by atoms with Crippen molar-refractivity contribution in [1.29, 1.82) is 0 Å². The smallest absolute Gasteiger partial charge is 0.326 e. The summed E-state index contributed by atoms with van der Waals surface area (Å²) in [4.78, 5) is 39.6. The zero-order valence-corrected chi connectivity index (χ0v) is 15.4. The summed E-state index contributed by atoms with van der Waals surface area (Å²) in [6.45, 7) is 4.28. The van der Waals surface area contributed by atoms with Gasteiger partial charge in [-0.25, -0.2) is 9.78 Å². The Morgan fingerprint density at radius 2 is 2.04 bits per heavy atom. The highest BCUT2D eigenvalue weighted by Crippen LogP contribution is 2.13. The molecule has 0 radical (unpaired) electrons. The second kappa shape index (κ2) is 9.51. The molecule has 2 amide bonds. The molecule has 8 heteroatoms. The lowest BCUT2D eigenvalue weighted by molar-refractivity contribution is -0.139. The molecule has 1 atom stereocenters. The zero-order valence-electron chi connectivity index (χ0n) is 15.4. The maximum atomic E-state index is 12.4. The van der Waals surface area contributed by atoms with E-state index in [9.17, 15) is 19.5 Å². The van der Waals surface area contributed by atoms with Crippen LogP contribution >= 0.6 is 0 Å². The van der Waals surface area contributed by atoms with Crippen molar-refractivity contribution in [2.45, 2.75) is 39.3 Å². The Morgan fingerprint density at radius 3 is 2.67 bits per heavy atom. The molecular weight excluding hydrogens is 348 g/mol. The Morgan fingerprint density at radius 1 is 1.26 bits per heavy atom. The van der Waals surface area contributed by atoms with Gasteiger partial charge in [0.15, 0.2) is 0 Å². The van der Waals surface area contributed by atoms with Crippen LogP contribution in [0.2, 0.25) is 0 Å². The Balaban J connectivity index is 1.95. The number of hydrogen-bond acceptors (Lipinski definition) is 4. The summed E-state index contributed by atoms with van der Waals surface area (Å²) >= 11 is 0. The summed E-state index contributed by atoms with van der Waals surface area (Å²) in [7, 11) is 0. The SMILES string of the molecule is CC(C)CC(NC(=O)c1cccc(NC(=O)CCn2ccnc2)c1)C(=O)O. The molecule has 8 nitrogen and oxygen atoms in total. The minimum Gasteiger partial charge on any atom is -0.480 e. The molecule has 0 bridgehead atoms. The number of anilines is 1. The lowest BCUT2D eigenvalue weighted by Crippen LogP contribution is -2.41. The van der Waals surface area contributed by atoms with E-state index in [1.807, 2.05) is 13.8 Å². The predicted octanol–water partition coefficient (Wildman–Crippen LogP) is 2.14. The van der Waals surface area contributed by atoms with Crippen LogP contribution in [-0.4, -0.2) is 38.5 Å².